The van der Waals surface area contributed by atoms with Crippen LogP contribution in [0.5, 0.6) is 0 Å². The van der Waals surface area contributed by atoms with Gasteiger partial charge in [-0.3, -0.25) is 4.98 Å². The molecule has 7 nitrogen and oxygen atoms in total. The van der Waals surface area contributed by atoms with Crippen molar-refractivity contribution in [3.05, 3.63) is 24.5 Å². The third kappa shape index (κ3) is 1.97. The summed E-state index contributed by atoms with van der Waals surface area (Å²) in [6.07, 6.45) is 4.58. The fourth-order valence-electron chi connectivity index (χ4n) is 0.983. The summed E-state index contributed by atoms with van der Waals surface area (Å²) in [4.78, 5) is 11.9. The summed E-state index contributed by atoms with van der Waals surface area (Å²) in [5.41, 5.74) is 6.00. The number of aromatic nitrogens is 4. The highest BCUT2D eigenvalue weighted by Crippen LogP contribution is 2.13. The zero-order valence-electron chi connectivity index (χ0n) is 7.74. The number of aliphatic hydroxyl groups is 1. The molecule has 1 atom stereocenters. The summed E-state index contributed by atoms with van der Waals surface area (Å²) in [5, 5.41) is 12.5. The van der Waals surface area contributed by atoms with Crippen LogP contribution in [0.4, 0.5) is 0 Å². The summed E-state index contributed by atoms with van der Waals surface area (Å²) in [6.45, 7) is -0.248. The number of hydrogen-bond acceptors (Lipinski definition) is 7. The maximum absolute atomic E-state index is 8.79. The lowest BCUT2D eigenvalue weighted by molar-refractivity contribution is 0.237. The van der Waals surface area contributed by atoms with Crippen LogP contribution in [-0.2, 0) is 0 Å². The normalized spacial score (nSPS) is 12.7. The van der Waals surface area contributed by atoms with E-state index < -0.39 is 6.04 Å². The molecule has 2 heterocycles. The molecule has 2 aromatic rings. The molecule has 0 saturated heterocycles. The van der Waals surface area contributed by atoms with E-state index in [-0.39, 0.29) is 12.5 Å². The van der Waals surface area contributed by atoms with Crippen LogP contribution < -0.4 is 5.73 Å². The van der Waals surface area contributed by atoms with Crippen LogP contribution in [0.15, 0.2) is 23.1 Å². The topological polar surface area (TPSA) is 111 Å². The summed E-state index contributed by atoms with van der Waals surface area (Å²) in [5.74, 6) is 0.486. The Labute approximate surface area is 85.0 Å². The molecule has 0 aliphatic heterocycles. The second-order valence-corrected chi connectivity index (χ2v) is 2.84. The third-order valence-electron chi connectivity index (χ3n) is 1.75. The Balaban J connectivity index is 2.28. The van der Waals surface area contributed by atoms with Gasteiger partial charge in [0.05, 0.1) is 12.8 Å². The molecule has 0 spiro atoms. The van der Waals surface area contributed by atoms with E-state index in [0.717, 1.165) is 0 Å². The second kappa shape index (κ2) is 4.11. The first-order valence-electron chi connectivity index (χ1n) is 4.27. The van der Waals surface area contributed by atoms with Gasteiger partial charge in [0.25, 0.3) is 0 Å². The molecule has 0 amide bonds. The lowest BCUT2D eigenvalue weighted by Gasteiger charge is -1.98. The molecule has 2 aromatic heterocycles. The summed E-state index contributed by atoms with van der Waals surface area (Å²) >= 11 is 0. The van der Waals surface area contributed by atoms with E-state index in [1.54, 1.807) is 6.20 Å². The summed E-state index contributed by atoms with van der Waals surface area (Å²) in [6, 6.07) is -0.664. The molecule has 2 rings (SSSR count). The van der Waals surface area contributed by atoms with Gasteiger partial charge in [-0.25, -0.2) is 4.98 Å². The number of aliphatic hydroxyl groups excluding tert-OH is 1. The molecule has 7 heteroatoms. The number of hydrogen-bond donors (Lipinski definition) is 2. The smallest absolute Gasteiger partial charge is 0.246 e. The Morgan fingerprint density at radius 1 is 1.47 bits per heavy atom. The fraction of sp³-hybridized carbons (Fsp3) is 0.250. The van der Waals surface area contributed by atoms with Gasteiger partial charge in [0.15, 0.2) is 0 Å². The van der Waals surface area contributed by atoms with E-state index in [1.165, 1.54) is 12.4 Å². The van der Waals surface area contributed by atoms with E-state index >= 15 is 0 Å². The minimum absolute atomic E-state index is 0.179. The lowest BCUT2D eigenvalue weighted by atomic mass is 10.3. The van der Waals surface area contributed by atoms with Gasteiger partial charge in [0.1, 0.15) is 11.7 Å². The largest absolute Gasteiger partial charge is 0.394 e. The number of rotatable bonds is 3. The molecule has 0 fully saturated rings. The van der Waals surface area contributed by atoms with Crippen LogP contribution in [0.3, 0.4) is 0 Å². The van der Waals surface area contributed by atoms with Gasteiger partial charge < -0.3 is 15.4 Å². The van der Waals surface area contributed by atoms with Crippen molar-refractivity contribution in [1.29, 1.82) is 0 Å². The number of nitrogens with zero attached hydrogens (tertiary/aromatic N) is 4. The van der Waals surface area contributed by atoms with Crippen molar-refractivity contribution in [2.45, 2.75) is 6.04 Å². The van der Waals surface area contributed by atoms with Crippen LogP contribution in [0.1, 0.15) is 11.9 Å². The van der Waals surface area contributed by atoms with Crippen molar-refractivity contribution in [1.82, 2.24) is 20.1 Å². The van der Waals surface area contributed by atoms with Gasteiger partial charge in [0.2, 0.25) is 11.7 Å². The molecule has 0 bridgehead atoms. The minimum atomic E-state index is -0.664. The highest BCUT2D eigenvalue weighted by atomic mass is 16.5. The van der Waals surface area contributed by atoms with E-state index in [0.29, 0.717) is 11.5 Å². The van der Waals surface area contributed by atoms with Crippen molar-refractivity contribution < 1.29 is 9.63 Å². The first-order chi connectivity index (χ1) is 7.31. The van der Waals surface area contributed by atoms with Gasteiger partial charge in [-0.1, -0.05) is 5.16 Å². The van der Waals surface area contributed by atoms with Crippen molar-refractivity contribution in [2.24, 2.45) is 5.73 Å². The molecular formula is C8H9N5O2. The zero-order valence-corrected chi connectivity index (χ0v) is 7.74. The van der Waals surface area contributed by atoms with E-state index in [9.17, 15) is 0 Å². The maximum atomic E-state index is 8.79. The average Bonchev–Trinajstić information content (AvgIpc) is 2.78. The van der Waals surface area contributed by atoms with Crippen LogP contribution in [-0.4, -0.2) is 31.8 Å². The standard InChI is InChI=1S/C8H9N5O2/c9-5(4-14)8-12-7(13-15-8)6-3-10-1-2-11-6/h1-3,5,14H,4,9H2/t5-/m1/s1. The Morgan fingerprint density at radius 2 is 2.33 bits per heavy atom. The molecule has 0 aliphatic carbocycles. The van der Waals surface area contributed by atoms with Gasteiger partial charge in [-0.05, 0) is 0 Å². The summed E-state index contributed by atoms with van der Waals surface area (Å²) in [7, 11) is 0. The Bertz CT molecular complexity index is 430. The van der Waals surface area contributed by atoms with Crippen LogP contribution in [0.2, 0.25) is 0 Å². The summed E-state index contributed by atoms with van der Waals surface area (Å²) < 4.78 is 4.86. The molecule has 0 radical (unpaired) electrons. The quantitative estimate of drug-likeness (QED) is 0.699. The SMILES string of the molecule is N[C@H](CO)c1nc(-c2cnccn2)no1. The molecule has 3 N–H and O–H groups in total. The van der Waals surface area contributed by atoms with Gasteiger partial charge in [-0.2, -0.15) is 4.98 Å². The minimum Gasteiger partial charge on any atom is -0.394 e. The molecule has 0 saturated carbocycles. The Kier molecular flexibility index (Phi) is 2.66. The van der Waals surface area contributed by atoms with E-state index in [2.05, 4.69) is 20.1 Å². The molecule has 15 heavy (non-hydrogen) atoms. The zero-order chi connectivity index (χ0) is 10.7. The molecule has 0 aromatic carbocycles. The maximum Gasteiger partial charge on any atom is 0.246 e. The predicted molar refractivity (Wildman–Crippen MR) is 49.3 cm³/mol. The molecular weight excluding hydrogens is 198 g/mol. The van der Waals surface area contributed by atoms with Crippen LogP contribution in [0, 0.1) is 0 Å². The Hall–Kier alpha value is -1.86. The van der Waals surface area contributed by atoms with E-state index in [1.807, 2.05) is 0 Å². The van der Waals surface area contributed by atoms with Crippen LogP contribution in [0.25, 0.3) is 11.5 Å². The highest BCUT2D eigenvalue weighted by Gasteiger charge is 2.15. The van der Waals surface area contributed by atoms with Crippen molar-refractivity contribution >= 4 is 0 Å². The van der Waals surface area contributed by atoms with Crippen molar-refractivity contribution in [3.63, 3.8) is 0 Å². The van der Waals surface area contributed by atoms with Gasteiger partial charge >= 0.3 is 0 Å². The first kappa shape index (κ1) is 9.69. The molecule has 0 aliphatic rings. The lowest BCUT2D eigenvalue weighted by Crippen LogP contribution is -2.14. The van der Waals surface area contributed by atoms with Crippen molar-refractivity contribution in [2.75, 3.05) is 6.61 Å². The fourth-order valence-corrected chi connectivity index (χ4v) is 0.983. The first-order valence-corrected chi connectivity index (χ1v) is 4.27. The molecule has 78 valence electrons. The van der Waals surface area contributed by atoms with E-state index in [4.69, 9.17) is 15.4 Å². The highest BCUT2D eigenvalue weighted by molar-refractivity contribution is 5.45. The molecule has 0 unspecified atom stereocenters. The van der Waals surface area contributed by atoms with Gasteiger partial charge in [0, 0.05) is 12.4 Å². The van der Waals surface area contributed by atoms with Crippen molar-refractivity contribution in [3.8, 4) is 11.5 Å². The second-order valence-electron chi connectivity index (χ2n) is 2.84. The van der Waals surface area contributed by atoms with Crippen LogP contribution >= 0.6 is 0 Å². The number of nitrogens with two attached hydrogens (primary N) is 1. The monoisotopic (exact) mass is 207 g/mol. The average molecular weight is 207 g/mol. The Morgan fingerprint density at radius 3 is 3.00 bits per heavy atom. The third-order valence-corrected chi connectivity index (χ3v) is 1.75. The predicted octanol–water partition coefficient (Wildman–Crippen LogP) is -0.481. The van der Waals surface area contributed by atoms with Gasteiger partial charge in [-0.15, -0.1) is 0 Å².